The van der Waals surface area contributed by atoms with Crippen LogP contribution in [-0.2, 0) is 10.8 Å². The predicted octanol–water partition coefficient (Wildman–Crippen LogP) is 12.6. The lowest BCUT2D eigenvalue weighted by atomic mass is 9.78. The highest BCUT2D eigenvalue weighted by Crippen LogP contribution is 2.46. The van der Waals surface area contributed by atoms with E-state index in [0.717, 1.165) is 55.0 Å². The van der Waals surface area contributed by atoms with Crippen LogP contribution in [0.1, 0.15) is 52.7 Å². The van der Waals surface area contributed by atoms with Crippen LogP contribution in [0.3, 0.4) is 0 Å². The molecule has 216 valence electrons. The first-order chi connectivity index (χ1) is 21.1. The third-order valence-corrected chi connectivity index (χ3v) is 9.19. The molecule has 0 N–H and O–H groups in total. The summed E-state index contributed by atoms with van der Waals surface area (Å²) in [5, 5.41) is 7.03. The Morgan fingerprint density at radius 3 is 1.16 bits per heavy atom. The fraction of sp³-hybridized carbons (Fsp3) is 0.190. The van der Waals surface area contributed by atoms with E-state index < -0.39 is 0 Å². The van der Waals surface area contributed by atoms with E-state index in [4.69, 9.17) is 8.83 Å². The molecular weight excluding hydrogens is 536 g/mol. The Morgan fingerprint density at radius 2 is 0.750 bits per heavy atom. The highest BCUT2D eigenvalue weighted by Gasteiger charge is 2.25. The average molecular weight is 573 g/mol. The SMILES string of the molecule is CC(C)(C)c1cc(-c2cccc3c2oc2ccccc23)c2cc(C(C)(C)C)cc(-c3cccc4c3oc3ccccc34)c2c1. The topological polar surface area (TPSA) is 26.3 Å². The first kappa shape index (κ1) is 26.8. The van der Waals surface area contributed by atoms with Gasteiger partial charge in [0.1, 0.15) is 22.3 Å². The summed E-state index contributed by atoms with van der Waals surface area (Å²) in [6.45, 7) is 13.8. The van der Waals surface area contributed by atoms with Gasteiger partial charge in [0, 0.05) is 32.7 Å². The lowest BCUT2D eigenvalue weighted by Gasteiger charge is -2.26. The maximum Gasteiger partial charge on any atom is 0.143 e. The summed E-state index contributed by atoms with van der Waals surface area (Å²) in [6, 6.07) is 39.4. The minimum Gasteiger partial charge on any atom is -0.455 e. The Labute approximate surface area is 257 Å². The number of fused-ring (bicyclic) bond motifs is 7. The molecule has 0 radical (unpaired) electrons. The quantitative estimate of drug-likeness (QED) is 0.206. The Hall–Kier alpha value is -4.82. The van der Waals surface area contributed by atoms with Crippen LogP contribution in [0, 0.1) is 0 Å². The minimum absolute atomic E-state index is 0.0595. The largest absolute Gasteiger partial charge is 0.455 e. The molecule has 0 saturated heterocycles. The molecule has 6 aromatic carbocycles. The second-order valence-electron chi connectivity index (χ2n) is 14.2. The van der Waals surface area contributed by atoms with Crippen LogP contribution < -0.4 is 0 Å². The van der Waals surface area contributed by atoms with Gasteiger partial charge in [-0.05, 0) is 80.3 Å². The zero-order chi connectivity index (χ0) is 30.4. The average Bonchev–Trinajstić information content (AvgIpc) is 3.58. The highest BCUT2D eigenvalue weighted by molar-refractivity contribution is 6.16. The van der Waals surface area contributed by atoms with Crippen LogP contribution in [-0.4, -0.2) is 0 Å². The van der Waals surface area contributed by atoms with Crippen molar-refractivity contribution in [1.82, 2.24) is 0 Å². The highest BCUT2D eigenvalue weighted by atomic mass is 16.3. The number of para-hydroxylation sites is 4. The molecule has 2 nitrogen and oxygen atoms in total. The molecule has 0 fully saturated rings. The van der Waals surface area contributed by atoms with Crippen LogP contribution in [0.25, 0.3) is 76.9 Å². The molecule has 2 aromatic heterocycles. The Bertz CT molecular complexity index is 2230. The molecule has 44 heavy (non-hydrogen) atoms. The van der Waals surface area contributed by atoms with Crippen molar-refractivity contribution in [3.05, 3.63) is 120 Å². The number of hydrogen-bond donors (Lipinski definition) is 0. The summed E-state index contributed by atoms with van der Waals surface area (Å²) in [4.78, 5) is 0. The molecule has 2 heterocycles. The fourth-order valence-electron chi connectivity index (χ4n) is 6.69. The number of hydrogen-bond acceptors (Lipinski definition) is 2. The van der Waals surface area contributed by atoms with Gasteiger partial charge in [0.2, 0.25) is 0 Å². The zero-order valence-corrected chi connectivity index (χ0v) is 26.2. The second-order valence-corrected chi connectivity index (χ2v) is 14.2. The first-order valence-corrected chi connectivity index (χ1v) is 15.5. The summed E-state index contributed by atoms with van der Waals surface area (Å²) in [5.74, 6) is 0. The van der Waals surface area contributed by atoms with Crippen LogP contribution in [0.2, 0.25) is 0 Å². The van der Waals surface area contributed by atoms with E-state index in [-0.39, 0.29) is 10.8 Å². The van der Waals surface area contributed by atoms with Crippen molar-refractivity contribution < 1.29 is 8.83 Å². The van der Waals surface area contributed by atoms with Gasteiger partial charge in [0.05, 0.1) is 0 Å². The summed E-state index contributed by atoms with van der Waals surface area (Å²) < 4.78 is 13.2. The molecule has 0 spiro atoms. The molecule has 0 aliphatic heterocycles. The van der Waals surface area contributed by atoms with E-state index >= 15 is 0 Å². The van der Waals surface area contributed by atoms with Gasteiger partial charge in [-0.3, -0.25) is 0 Å². The lowest BCUT2D eigenvalue weighted by Crippen LogP contribution is -2.13. The van der Waals surface area contributed by atoms with Gasteiger partial charge in [-0.1, -0.05) is 114 Å². The van der Waals surface area contributed by atoms with E-state index in [1.165, 1.54) is 33.0 Å². The molecule has 8 aromatic rings. The normalized spacial score (nSPS) is 12.8. The summed E-state index contributed by atoms with van der Waals surface area (Å²) in [7, 11) is 0. The van der Waals surface area contributed by atoms with Gasteiger partial charge in [0.25, 0.3) is 0 Å². The van der Waals surface area contributed by atoms with Crippen molar-refractivity contribution in [3.8, 4) is 22.3 Å². The van der Waals surface area contributed by atoms with Gasteiger partial charge >= 0.3 is 0 Å². The Morgan fingerprint density at radius 1 is 0.364 bits per heavy atom. The third-order valence-electron chi connectivity index (χ3n) is 9.19. The Kier molecular flexibility index (Phi) is 5.68. The van der Waals surface area contributed by atoms with Crippen molar-refractivity contribution >= 4 is 54.6 Å². The van der Waals surface area contributed by atoms with Crippen molar-refractivity contribution in [2.75, 3.05) is 0 Å². The van der Waals surface area contributed by atoms with Crippen LogP contribution in [0.5, 0.6) is 0 Å². The standard InChI is InChI=1S/C42H36O2/c1-41(2,3)25-21-33(31-17-11-15-29-27-13-7-9-19-37(27)43-39(29)31)36-24-26(42(4,5)6)22-34(35(36)23-25)32-18-12-16-30-28-14-8-10-20-38(28)44-40(30)32/h7-24H,1-6H3. The molecule has 0 atom stereocenters. The first-order valence-electron chi connectivity index (χ1n) is 15.5. The molecule has 0 saturated carbocycles. The maximum atomic E-state index is 6.60. The molecule has 0 unspecified atom stereocenters. The maximum absolute atomic E-state index is 6.60. The summed E-state index contributed by atoms with van der Waals surface area (Å²) >= 11 is 0. The van der Waals surface area contributed by atoms with Gasteiger partial charge in [-0.2, -0.15) is 0 Å². The van der Waals surface area contributed by atoms with Crippen molar-refractivity contribution in [2.45, 2.75) is 52.4 Å². The number of furan rings is 2. The second kappa shape index (κ2) is 9.34. The Balaban J connectivity index is 1.54. The lowest BCUT2D eigenvalue weighted by molar-refractivity contribution is 0.589. The smallest absolute Gasteiger partial charge is 0.143 e. The third kappa shape index (κ3) is 4.08. The number of benzene rings is 6. The van der Waals surface area contributed by atoms with Gasteiger partial charge in [-0.15, -0.1) is 0 Å². The van der Waals surface area contributed by atoms with E-state index in [2.05, 4.69) is 139 Å². The van der Waals surface area contributed by atoms with Gasteiger partial charge in [-0.25, -0.2) is 0 Å². The zero-order valence-electron chi connectivity index (χ0n) is 26.2. The molecular formula is C42H36O2. The molecule has 0 bridgehead atoms. The van der Waals surface area contributed by atoms with E-state index in [9.17, 15) is 0 Å². The molecule has 2 heteroatoms. The van der Waals surface area contributed by atoms with E-state index in [0.29, 0.717) is 0 Å². The van der Waals surface area contributed by atoms with E-state index in [1.807, 2.05) is 12.1 Å². The summed E-state index contributed by atoms with van der Waals surface area (Å²) in [5.41, 5.74) is 10.8. The molecule has 8 rings (SSSR count). The monoisotopic (exact) mass is 572 g/mol. The minimum atomic E-state index is -0.0595. The molecule has 0 aliphatic carbocycles. The predicted molar refractivity (Wildman–Crippen MR) is 187 cm³/mol. The van der Waals surface area contributed by atoms with Crippen LogP contribution in [0.4, 0.5) is 0 Å². The molecule has 0 aliphatic rings. The molecule has 0 amide bonds. The fourth-order valence-corrected chi connectivity index (χ4v) is 6.69. The van der Waals surface area contributed by atoms with Crippen molar-refractivity contribution in [1.29, 1.82) is 0 Å². The van der Waals surface area contributed by atoms with Crippen LogP contribution in [0.15, 0.2) is 118 Å². The van der Waals surface area contributed by atoms with E-state index in [1.54, 1.807) is 0 Å². The van der Waals surface area contributed by atoms with Gasteiger partial charge in [0.15, 0.2) is 0 Å². The van der Waals surface area contributed by atoms with Crippen molar-refractivity contribution in [2.24, 2.45) is 0 Å². The van der Waals surface area contributed by atoms with Crippen LogP contribution >= 0.6 is 0 Å². The summed E-state index contributed by atoms with van der Waals surface area (Å²) in [6.07, 6.45) is 0. The van der Waals surface area contributed by atoms with Crippen molar-refractivity contribution in [3.63, 3.8) is 0 Å². The number of rotatable bonds is 2. The van der Waals surface area contributed by atoms with Gasteiger partial charge < -0.3 is 8.83 Å².